The normalized spacial score (nSPS) is 22.4. The second-order valence-corrected chi connectivity index (χ2v) is 8.21. The van der Waals surface area contributed by atoms with Gasteiger partial charge in [0.05, 0.1) is 5.92 Å². The summed E-state index contributed by atoms with van der Waals surface area (Å²) in [5.74, 6) is 3.37. The predicted octanol–water partition coefficient (Wildman–Crippen LogP) is 4.96. The van der Waals surface area contributed by atoms with Crippen LogP contribution < -0.4 is 9.47 Å². The van der Waals surface area contributed by atoms with Gasteiger partial charge in [-0.3, -0.25) is 4.79 Å². The Balaban J connectivity index is 1.70. The second-order valence-electron chi connectivity index (χ2n) is 7.20. The van der Waals surface area contributed by atoms with Crippen LogP contribution >= 0.6 is 23.2 Å². The average molecular weight is 407 g/mol. The van der Waals surface area contributed by atoms with Crippen LogP contribution in [0.1, 0.15) is 26.3 Å². The van der Waals surface area contributed by atoms with Gasteiger partial charge in [0, 0.05) is 5.57 Å². The van der Waals surface area contributed by atoms with Crippen LogP contribution in [-0.4, -0.2) is 19.4 Å². The van der Waals surface area contributed by atoms with Crippen molar-refractivity contribution in [3.8, 4) is 23.8 Å². The fourth-order valence-electron chi connectivity index (χ4n) is 3.37. The molecule has 0 N–H and O–H groups in total. The van der Waals surface area contributed by atoms with Gasteiger partial charge < -0.3 is 14.2 Å². The number of benzene rings is 1. The van der Waals surface area contributed by atoms with E-state index >= 15 is 0 Å². The molecule has 4 nitrogen and oxygen atoms in total. The van der Waals surface area contributed by atoms with Gasteiger partial charge in [0.25, 0.3) is 0 Å². The first kappa shape index (κ1) is 19.7. The van der Waals surface area contributed by atoms with E-state index in [1.807, 2.05) is 39.0 Å². The van der Waals surface area contributed by atoms with Gasteiger partial charge in [-0.05, 0) is 47.6 Å². The highest BCUT2D eigenvalue weighted by atomic mass is 35.5. The maximum absolute atomic E-state index is 12.5. The summed E-state index contributed by atoms with van der Waals surface area (Å²) in [6.07, 6.45) is 7.33. The van der Waals surface area contributed by atoms with Gasteiger partial charge in [0.2, 0.25) is 6.79 Å². The average Bonchev–Trinajstić information content (AvgIpc) is 2.97. The Morgan fingerprint density at radius 2 is 2.07 bits per heavy atom. The van der Waals surface area contributed by atoms with Crippen LogP contribution in [0.5, 0.6) is 11.5 Å². The van der Waals surface area contributed by atoms with Gasteiger partial charge in [0.1, 0.15) is 11.1 Å². The van der Waals surface area contributed by atoms with Crippen molar-refractivity contribution in [2.24, 2.45) is 17.3 Å². The zero-order valence-corrected chi connectivity index (χ0v) is 16.9. The van der Waals surface area contributed by atoms with Crippen LogP contribution in [0.3, 0.4) is 0 Å². The summed E-state index contributed by atoms with van der Waals surface area (Å²) in [5, 5.41) is 0. The quantitative estimate of drug-likeness (QED) is 0.512. The van der Waals surface area contributed by atoms with Crippen LogP contribution in [0.2, 0.25) is 0 Å². The summed E-state index contributed by atoms with van der Waals surface area (Å²) in [7, 11) is 0. The Bertz CT molecular complexity index is 873. The summed E-state index contributed by atoms with van der Waals surface area (Å²) in [6, 6.07) is 5.60. The van der Waals surface area contributed by atoms with Crippen molar-refractivity contribution in [2.75, 3.05) is 13.4 Å². The molecule has 0 amide bonds. The second kappa shape index (κ2) is 7.50. The number of allylic oxidation sites excluding steroid dienone is 2. The zero-order valence-electron chi connectivity index (χ0n) is 15.3. The molecule has 1 aromatic carbocycles. The van der Waals surface area contributed by atoms with Crippen molar-refractivity contribution in [1.82, 2.24) is 0 Å². The molecule has 2 atom stereocenters. The molecule has 1 heterocycles. The number of hydrogen-bond donors (Lipinski definition) is 0. The molecule has 1 aliphatic heterocycles. The highest BCUT2D eigenvalue weighted by Crippen LogP contribution is 2.60. The van der Waals surface area contributed by atoms with Gasteiger partial charge in [-0.25, -0.2) is 0 Å². The summed E-state index contributed by atoms with van der Waals surface area (Å²) in [5.41, 5.74) is 2.10. The summed E-state index contributed by atoms with van der Waals surface area (Å²) in [4.78, 5) is 12.5. The topological polar surface area (TPSA) is 44.8 Å². The third-order valence-corrected chi connectivity index (χ3v) is 5.51. The molecule has 3 rings (SSSR count). The molecular formula is C21H20Cl2O4. The van der Waals surface area contributed by atoms with Gasteiger partial charge >= 0.3 is 5.97 Å². The first-order chi connectivity index (χ1) is 12.8. The molecule has 1 saturated carbocycles. The molecule has 27 heavy (non-hydrogen) atoms. The number of rotatable bonds is 5. The van der Waals surface area contributed by atoms with E-state index in [0.29, 0.717) is 17.1 Å². The molecule has 0 spiro atoms. The van der Waals surface area contributed by atoms with Crippen molar-refractivity contribution in [3.05, 3.63) is 39.9 Å². The van der Waals surface area contributed by atoms with E-state index in [1.165, 1.54) is 0 Å². The third-order valence-electron chi connectivity index (χ3n) is 5.26. The van der Waals surface area contributed by atoms with Gasteiger partial charge in [-0.1, -0.05) is 49.0 Å². The van der Waals surface area contributed by atoms with Crippen molar-refractivity contribution >= 4 is 34.7 Å². The van der Waals surface area contributed by atoms with Crippen LogP contribution in [-0.2, 0) is 9.53 Å². The molecule has 1 aliphatic carbocycles. The Labute approximate surface area is 169 Å². The lowest BCUT2D eigenvalue weighted by Gasteiger charge is -2.10. The monoisotopic (exact) mass is 406 g/mol. The number of hydrogen-bond acceptors (Lipinski definition) is 4. The maximum Gasteiger partial charge on any atom is 0.310 e. The molecule has 0 radical (unpaired) electrons. The number of carbonyl (C=O) groups is 1. The number of halogens is 2. The Kier molecular flexibility index (Phi) is 5.46. The van der Waals surface area contributed by atoms with Crippen LogP contribution in [0.15, 0.2) is 34.3 Å². The fraction of sp³-hybridized carbons (Fsp3) is 0.381. The van der Waals surface area contributed by atoms with Crippen molar-refractivity contribution in [3.63, 3.8) is 0 Å². The fourth-order valence-corrected chi connectivity index (χ4v) is 3.64. The van der Waals surface area contributed by atoms with Crippen molar-refractivity contribution < 1.29 is 19.0 Å². The minimum Gasteiger partial charge on any atom is -0.460 e. The summed E-state index contributed by atoms with van der Waals surface area (Å²) >= 11 is 11.5. The van der Waals surface area contributed by atoms with E-state index in [0.717, 1.165) is 11.1 Å². The SMILES string of the molecule is C#CC(COC(=O)C1C(C=C(Cl)Cl)C1(C)C)=C(C)c1ccc2c(c1)OCO2. The number of fused-ring (bicyclic) bond motifs is 1. The zero-order chi connectivity index (χ0) is 19.8. The summed E-state index contributed by atoms with van der Waals surface area (Å²) in [6.45, 7) is 6.09. The van der Waals surface area contributed by atoms with E-state index in [4.69, 9.17) is 43.8 Å². The van der Waals surface area contributed by atoms with Gasteiger partial charge in [-0.2, -0.15) is 0 Å². The largest absolute Gasteiger partial charge is 0.460 e. The van der Waals surface area contributed by atoms with Crippen LogP contribution in [0, 0.1) is 29.6 Å². The molecule has 6 heteroatoms. The van der Waals surface area contributed by atoms with E-state index in [2.05, 4.69) is 5.92 Å². The highest BCUT2D eigenvalue weighted by molar-refractivity contribution is 6.55. The predicted molar refractivity (Wildman–Crippen MR) is 106 cm³/mol. The number of terminal acetylenes is 1. The molecule has 0 aromatic heterocycles. The Morgan fingerprint density at radius 3 is 2.74 bits per heavy atom. The molecule has 2 unspecified atom stereocenters. The van der Waals surface area contributed by atoms with E-state index < -0.39 is 0 Å². The van der Waals surface area contributed by atoms with Crippen molar-refractivity contribution in [1.29, 1.82) is 0 Å². The number of esters is 1. The molecule has 1 fully saturated rings. The van der Waals surface area contributed by atoms with E-state index in [-0.39, 0.29) is 41.1 Å². The van der Waals surface area contributed by atoms with E-state index in [9.17, 15) is 4.79 Å². The van der Waals surface area contributed by atoms with Crippen LogP contribution in [0.4, 0.5) is 0 Å². The lowest BCUT2D eigenvalue weighted by atomic mass is 10.0. The first-order valence-corrected chi connectivity index (χ1v) is 9.27. The minimum absolute atomic E-state index is 0.0350. The Hall–Kier alpha value is -2.09. The molecule has 2 aliphatic rings. The lowest BCUT2D eigenvalue weighted by Crippen LogP contribution is -2.13. The maximum atomic E-state index is 12.5. The Morgan fingerprint density at radius 1 is 1.37 bits per heavy atom. The summed E-state index contributed by atoms with van der Waals surface area (Å²) < 4.78 is 16.4. The molecule has 0 saturated heterocycles. The minimum atomic E-state index is -0.304. The van der Waals surface area contributed by atoms with Crippen LogP contribution in [0.25, 0.3) is 5.57 Å². The van der Waals surface area contributed by atoms with Gasteiger partial charge in [-0.15, -0.1) is 6.42 Å². The third kappa shape index (κ3) is 3.95. The number of ether oxygens (including phenoxy) is 3. The number of carbonyl (C=O) groups excluding carboxylic acids is 1. The standard InChI is InChI=1S/C21H20Cl2O4/c1-5-13(12(2)14-6-7-16-17(8-14)27-11-26-16)10-25-20(24)19-15(9-18(22)23)21(19,3)4/h1,6-9,15,19H,10-11H2,2-4H3. The highest BCUT2D eigenvalue weighted by Gasteiger charge is 2.61. The van der Waals surface area contributed by atoms with E-state index in [1.54, 1.807) is 6.08 Å². The van der Waals surface area contributed by atoms with Crippen molar-refractivity contribution in [2.45, 2.75) is 20.8 Å². The first-order valence-electron chi connectivity index (χ1n) is 8.51. The van der Waals surface area contributed by atoms with Gasteiger partial charge in [0.15, 0.2) is 11.5 Å². The smallest absolute Gasteiger partial charge is 0.310 e. The molecule has 142 valence electrons. The molecular weight excluding hydrogens is 387 g/mol. The molecule has 0 bridgehead atoms. The lowest BCUT2D eigenvalue weighted by molar-refractivity contribution is -0.145. The molecule has 1 aromatic rings.